The summed E-state index contributed by atoms with van der Waals surface area (Å²) in [4.78, 5) is 21.9. The number of nitrogens with zero attached hydrogens (tertiary/aromatic N) is 10. The maximum absolute atomic E-state index is 14.0. The van der Waals surface area contributed by atoms with Crippen LogP contribution in [-0.4, -0.2) is 50.3 Å². The largest absolute Gasteiger partial charge is 0.434 e. The van der Waals surface area contributed by atoms with Crippen molar-refractivity contribution in [3.05, 3.63) is 72.2 Å². The first-order chi connectivity index (χ1) is 16.4. The van der Waals surface area contributed by atoms with Crippen LogP contribution in [0, 0.1) is 11.3 Å². The monoisotopic (exact) mass is 465 g/mol. The summed E-state index contributed by atoms with van der Waals surface area (Å²) in [6.07, 6.45) is 0.992. The first kappa shape index (κ1) is 20.8. The van der Waals surface area contributed by atoms with Crippen molar-refractivity contribution in [2.24, 2.45) is 0 Å². The molecule has 5 aromatic rings. The Morgan fingerprint density at radius 2 is 1.85 bits per heavy atom. The lowest BCUT2D eigenvalue weighted by molar-refractivity contribution is -0.143. The fourth-order valence-electron chi connectivity index (χ4n) is 3.24. The van der Waals surface area contributed by atoms with E-state index in [1.165, 1.54) is 43.1 Å². The Balaban J connectivity index is 1.53. The Morgan fingerprint density at radius 3 is 2.59 bits per heavy atom. The van der Waals surface area contributed by atoms with Gasteiger partial charge in [-0.1, -0.05) is 6.07 Å². The van der Waals surface area contributed by atoms with Crippen LogP contribution in [0.1, 0.15) is 21.6 Å². The molecule has 0 saturated carbocycles. The van der Waals surface area contributed by atoms with Crippen molar-refractivity contribution in [2.45, 2.75) is 6.18 Å². The van der Waals surface area contributed by atoms with Gasteiger partial charge in [0.1, 0.15) is 18.0 Å². The lowest BCUT2D eigenvalue weighted by atomic mass is 10.2. The van der Waals surface area contributed by atoms with Gasteiger partial charge in [-0.3, -0.25) is 4.79 Å². The SMILES string of the molecule is N#Cc1cc(NC(=O)c2cnn(-c3cccc4ncnn34)c2C(F)(F)F)cnc1-n1nccn1. The normalized spacial score (nSPS) is 11.5. The molecule has 0 atom stereocenters. The maximum Gasteiger partial charge on any atom is 0.434 e. The molecule has 0 bridgehead atoms. The number of amides is 1. The second-order valence-corrected chi connectivity index (χ2v) is 6.71. The minimum Gasteiger partial charge on any atom is -0.320 e. The van der Waals surface area contributed by atoms with Crippen LogP contribution in [0.4, 0.5) is 18.9 Å². The van der Waals surface area contributed by atoms with Gasteiger partial charge in [-0.2, -0.15) is 43.3 Å². The zero-order valence-corrected chi connectivity index (χ0v) is 16.7. The van der Waals surface area contributed by atoms with Gasteiger partial charge in [0.2, 0.25) is 0 Å². The number of rotatable bonds is 4. The molecule has 12 nitrogen and oxygen atoms in total. The highest BCUT2D eigenvalue weighted by atomic mass is 19.4. The molecular formula is C19H10F3N11O. The summed E-state index contributed by atoms with van der Waals surface area (Å²) in [7, 11) is 0. The fraction of sp³-hybridized carbons (Fsp3) is 0.0526. The van der Waals surface area contributed by atoms with Crippen molar-refractivity contribution in [1.29, 1.82) is 5.26 Å². The molecule has 0 aliphatic heterocycles. The standard InChI is InChI=1S/C19H10F3N11O/c20-19(21,22)16-13(9-28-32(16)15-3-1-2-14-25-10-29-31(14)15)18(34)30-12-6-11(7-23)17(24-8-12)33-26-4-5-27-33/h1-6,8-10H,(H,30,34). The number of carbonyl (C=O) groups excluding carboxylic acids is 1. The molecule has 34 heavy (non-hydrogen) atoms. The zero-order valence-electron chi connectivity index (χ0n) is 16.7. The Labute approximate surface area is 186 Å². The van der Waals surface area contributed by atoms with Crippen LogP contribution in [0.2, 0.25) is 0 Å². The van der Waals surface area contributed by atoms with Gasteiger partial charge in [0.05, 0.1) is 36.0 Å². The average Bonchev–Trinajstić information content (AvgIpc) is 3.58. The number of fused-ring (bicyclic) bond motifs is 1. The fourth-order valence-corrected chi connectivity index (χ4v) is 3.24. The molecular weight excluding hydrogens is 455 g/mol. The van der Waals surface area contributed by atoms with Crippen LogP contribution in [0.25, 0.3) is 17.3 Å². The molecule has 0 saturated heterocycles. The Morgan fingerprint density at radius 1 is 1.06 bits per heavy atom. The molecule has 0 aromatic carbocycles. The summed E-state index contributed by atoms with van der Waals surface area (Å²) in [5.41, 5.74) is -1.75. The van der Waals surface area contributed by atoms with Crippen LogP contribution < -0.4 is 5.32 Å². The number of hydrogen-bond acceptors (Lipinski definition) is 8. The van der Waals surface area contributed by atoms with Gasteiger partial charge in [0.25, 0.3) is 5.91 Å². The molecule has 0 fully saturated rings. The molecule has 168 valence electrons. The number of aromatic nitrogens is 9. The molecule has 5 heterocycles. The van der Waals surface area contributed by atoms with Gasteiger partial charge in [-0.15, -0.1) is 4.80 Å². The van der Waals surface area contributed by atoms with Crippen molar-refractivity contribution in [3.8, 4) is 17.7 Å². The molecule has 0 radical (unpaired) electrons. The maximum atomic E-state index is 14.0. The van der Waals surface area contributed by atoms with E-state index in [0.717, 1.165) is 15.5 Å². The van der Waals surface area contributed by atoms with Crippen molar-refractivity contribution >= 4 is 17.2 Å². The van der Waals surface area contributed by atoms with Crippen molar-refractivity contribution in [1.82, 2.24) is 44.4 Å². The molecule has 0 aliphatic rings. The summed E-state index contributed by atoms with van der Waals surface area (Å²) in [6.45, 7) is 0. The molecule has 5 rings (SSSR count). The van der Waals surface area contributed by atoms with Crippen molar-refractivity contribution < 1.29 is 18.0 Å². The van der Waals surface area contributed by atoms with E-state index in [4.69, 9.17) is 0 Å². The van der Waals surface area contributed by atoms with Gasteiger partial charge >= 0.3 is 6.18 Å². The average molecular weight is 465 g/mol. The summed E-state index contributed by atoms with van der Waals surface area (Å²) in [5, 5.41) is 27.2. The number of alkyl halides is 3. The molecule has 1 N–H and O–H groups in total. The quantitative estimate of drug-likeness (QED) is 0.425. The van der Waals surface area contributed by atoms with E-state index in [-0.39, 0.29) is 22.9 Å². The summed E-state index contributed by atoms with van der Waals surface area (Å²) < 4.78 is 43.8. The lowest BCUT2D eigenvalue weighted by Crippen LogP contribution is -2.22. The van der Waals surface area contributed by atoms with Crippen LogP contribution >= 0.6 is 0 Å². The van der Waals surface area contributed by atoms with E-state index >= 15 is 0 Å². The van der Waals surface area contributed by atoms with Gasteiger partial charge in [-0.25, -0.2) is 14.6 Å². The van der Waals surface area contributed by atoms with Crippen LogP contribution in [0.15, 0.2) is 55.4 Å². The molecule has 5 aromatic heterocycles. The van der Waals surface area contributed by atoms with Crippen LogP contribution in [0.5, 0.6) is 0 Å². The predicted octanol–water partition coefficient (Wildman–Crippen LogP) is 2.03. The summed E-state index contributed by atoms with van der Waals surface area (Å²) >= 11 is 0. The molecule has 0 unspecified atom stereocenters. The number of hydrogen-bond donors (Lipinski definition) is 1. The molecule has 15 heteroatoms. The van der Waals surface area contributed by atoms with Gasteiger partial charge in [0, 0.05) is 0 Å². The van der Waals surface area contributed by atoms with Gasteiger partial charge < -0.3 is 5.32 Å². The smallest absolute Gasteiger partial charge is 0.320 e. The van der Waals surface area contributed by atoms with Crippen molar-refractivity contribution in [3.63, 3.8) is 0 Å². The minimum atomic E-state index is -4.93. The number of anilines is 1. The first-order valence-corrected chi connectivity index (χ1v) is 9.39. The highest BCUT2D eigenvalue weighted by Crippen LogP contribution is 2.34. The third-order valence-corrected chi connectivity index (χ3v) is 4.63. The highest BCUT2D eigenvalue weighted by Gasteiger charge is 2.41. The Hall–Kier alpha value is -5.13. The number of carbonyl (C=O) groups is 1. The van der Waals surface area contributed by atoms with E-state index in [2.05, 4.69) is 35.7 Å². The Bertz CT molecular complexity index is 1560. The minimum absolute atomic E-state index is 0.00130. The summed E-state index contributed by atoms with van der Waals surface area (Å²) in [5.74, 6) is -1.07. The van der Waals surface area contributed by atoms with Crippen LogP contribution in [-0.2, 0) is 6.18 Å². The lowest BCUT2D eigenvalue weighted by Gasteiger charge is -2.13. The second kappa shape index (κ2) is 7.78. The molecule has 0 spiro atoms. The van der Waals surface area contributed by atoms with E-state index < -0.39 is 23.3 Å². The Kier molecular flexibility index (Phi) is 4.75. The third kappa shape index (κ3) is 3.48. The number of halogens is 3. The number of pyridine rings is 2. The van der Waals surface area contributed by atoms with E-state index in [1.54, 1.807) is 6.07 Å². The van der Waals surface area contributed by atoms with E-state index in [9.17, 15) is 23.2 Å². The van der Waals surface area contributed by atoms with Gasteiger partial charge in [-0.05, 0) is 18.2 Å². The van der Waals surface area contributed by atoms with E-state index in [1.807, 2.05) is 6.07 Å². The molecule has 1 amide bonds. The zero-order chi connectivity index (χ0) is 23.9. The van der Waals surface area contributed by atoms with Crippen LogP contribution in [0.3, 0.4) is 0 Å². The number of nitrogens with one attached hydrogen (secondary N) is 1. The highest BCUT2D eigenvalue weighted by molar-refractivity contribution is 6.05. The van der Waals surface area contributed by atoms with E-state index in [0.29, 0.717) is 10.3 Å². The first-order valence-electron chi connectivity index (χ1n) is 9.39. The topological polar surface area (TPSA) is 144 Å². The summed E-state index contributed by atoms with van der Waals surface area (Å²) in [6, 6.07) is 7.54. The molecule has 0 aliphatic carbocycles. The number of nitriles is 1. The predicted molar refractivity (Wildman–Crippen MR) is 107 cm³/mol. The second-order valence-electron chi connectivity index (χ2n) is 6.71. The van der Waals surface area contributed by atoms with Gasteiger partial charge in [0.15, 0.2) is 23.0 Å². The third-order valence-electron chi connectivity index (χ3n) is 4.63. The van der Waals surface area contributed by atoms with Crippen molar-refractivity contribution in [2.75, 3.05) is 5.32 Å².